The molecule has 0 saturated heterocycles. The maximum absolute atomic E-state index is 10.3. The molecule has 2 rings (SSSR count). The van der Waals surface area contributed by atoms with E-state index in [1.54, 1.807) is 21.2 Å². The molecular formula is C15H22N2O3. The van der Waals surface area contributed by atoms with Crippen molar-refractivity contribution in [1.29, 1.82) is 0 Å². The molecule has 1 atom stereocenters. The lowest BCUT2D eigenvalue weighted by atomic mass is 9.91. The molecule has 0 aliphatic carbocycles. The number of hydrogen-bond acceptors (Lipinski definition) is 4. The number of rotatable bonds is 5. The molecule has 0 radical (unpaired) electrons. The van der Waals surface area contributed by atoms with E-state index in [4.69, 9.17) is 4.74 Å². The monoisotopic (exact) mass is 278 g/mol. The van der Waals surface area contributed by atoms with Crippen LogP contribution in [0.15, 0.2) is 24.4 Å². The molecule has 1 heterocycles. The van der Waals surface area contributed by atoms with Crippen LogP contribution in [-0.2, 0) is 0 Å². The van der Waals surface area contributed by atoms with Gasteiger partial charge in [0.05, 0.1) is 13.0 Å². The Kier molecular flexibility index (Phi) is 4.04. The highest BCUT2D eigenvalue weighted by molar-refractivity contribution is 5.85. The second-order valence-corrected chi connectivity index (χ2v) is 5.20. The molecule has 0 fully saturated rings. The zero-order valence-corrected chi connectivity index (χ0v) is 12.3. The maximum atomic E-state index is 10.3. The zero-order valence-electron chi connectivity index (χ0n) is 12.3. The molecule has 20 heavy (non-hydrogen) atoms. The molecule has 1 aromatic carbocycles. The number of aliphatic hydroxyl groups is 2. The van der Waals surface area contributed by atoms with Crippen molar-refractivity contribution in [3.63, 3.8) is 0 Å². The molecule has 0 bridgehead atoms. The predicted octanol–water partition coefficient (Wildman–Crippen LogP) is 1.87. The summed E-state index contributed by atoms with van der Waals surface area (Å²) in [6, 6.07) is 5.71. The van der Waals surface area contributed by atoms with Crippen molar-refractivity contribution in [1.82, 2.24) is 9.88 Å². The van der Waals surface area contributed by atoms with Gasteiger partial charge >= 0.3 is 0 Å². The SMILES string of the molecule is CCC(c1c[nH]c2ccc(OC)cc12)C(O)(O)N(C)C. The van der Waals surface area contributed by atoms with Crippen molar-refractivity contribution in [3.8, 4) is 5.75 Å². The van der Waals surface area contributed by atoms with Gasteiger partial charge in [-0.1, -0.05) is 6.92 Å². The number of aromatic amines is 1. The minimum Gasteiger partial charge on any atom is -0.497 e. The first-order valence-electron chi connectivity index (χ1n) is 6.69. The number of benzene rings is 1. The molecule has 3 N–H and O–H groups in total. The summed E-state index contributed by atoms with van der Waals surface area (Å²) in [5, 5.41) is 21.6. The summed E-state index contributed by atoms with van der Waals surface area (Å²) in [7, 11) is 4.92. The Balaban J connectivity index is 2.55. The standard InChI is InChI=1S/C15H22N2O3/c1-5-13(15(18,19)17(2)3)12-9-16-14-7-6-10(20-4)8-11(12)14/h6-9,13,16,18-19H,5H2,1-4H3. The third kappa shape index (κ3) is 2.40. The van der Waals surface area contributed by atoms with Crippen LogP contribution in [-0.4, -0.2) is 47.2 Å². The average Bonchev–Trinajstić information content (AvgIpc) is 2.82. The van der Waals surface area contributed by atoms with E-state index in [2.05, 4.69) is 4.98 Å². The van der Waals surface area contributed by atoms with E-state index in [1.807, 2.05) is 31.3 Å². The molecule has 2 aromatic rings. The van der Waals surface area contributed by atoms with E-state index in [0.29, 0.717) is 6.42 Å². The largest absolute Gasteiger partial charge is 0.497 e. The lowest BCUT2D eigenvalue weighted by Gasteiger charge is -2.35. The van der Waals surface area contributed by atoms with E-state index in [0.717, 1.165) is 22.2 Å². The van der Waals surface area contributed by atoms with Gasteiger partial charge in [-0.2, -0.15) is 0 Å². The Hall–Kier alpha value is -1.56. The van der Waals surface area contributed by atoms with Gasteiger partial charge in [-0.3, -0.25) is 4.90 Å². The number of nitrogens with one attached hydrogen (secondary N) is 1. The van der Waals surface area contributed by atoms with Crippen molar-refractivity contribution in [2.24, 2.45) is 0 Å². The summed E-state index contributed by atoms with van der Waals surface area (Å²) in [5.74, 6) is -1.56. The molecule has 1 aromatic heterocycles. The number of ether oxygens (including phenoxy) is 1. The fourth-order valence-corrected chi connectivity index (χ4v) is 2.55. The van der Waals surface area contributed by atoms with Crippen molar-refractivity contribution < 1.29 is 14.9 Å². The van der Waals surface area contributed by atoms with E-state index in [1.165, 1.54) is 4.90 Å². The van der Waals surface area contributed by atoms with Gasteiger partial charge < -0.3 is 19.9 Å². The molecule has 0 amide bonds. The summed E-state index contributed by atoms with van der Waals surface area (Å²) in [4.78, 5) is 4.59. The molecule has 0 aliphatic heterocycles. The first kappa shape index (κ1) is 14.8. The van der Waals surface area contributed by atoms with Crippen molar-refractivity contribution >= 4 is 10.9 Å². The average molecular weight is 278 g/mol. The lowest BCUT2D eigenvalue weighted by Crippen LogP contribution is -2.49. The van der Waals surface area contributed by atoms with E-state index >= 15 is 0 Å². The maximum Gasteiger partial charge on any atom is 0.231 e. The van der Waals surface area contributed by atoms with Gasteiger partial charge in [0, 0.05) is 17.1 Å². The first-order chi connectivity index (χ1) is 9.41. The van der Waals surface area contributed by atoms with Gasteiger partial charge in [0.2, 0.25) is 5.91 Å². The van der Waals surface area contributed by atoms with Crippen LogP contribution in [0, 0.1) is 0 Å². The number of likely N-dealkylation sites (N-methyl/N-ethyl adjacent to an activating group) is 1. The fraction of sp³-hybridized carbons (Fsp3) is 0.467. The minimum absolute atomic E-state index is 0.418. The van der Waals surface area contributed by atoms with Gasteiger partial charge in [-0.05, 0) is 44.3 Å². The van der Waals surface area contributed by atoms with Crippen LogP contribution in [0.3, 0.4) is 0 Å². The molecular weight excluding hydrogens is 256 g/mol. The Morgan fingerprint density at radius 2 is 2.05 bits per heavy atom. The van der Waals surface area contributed by atoms with Crippen LogP contribution in [0.4, 0.5) is 0 Å². The lowest BCUT2D eigenvalue weighted by molar-refractivity contribution is -0.264. The number of nitrogens with zero attached hydrogens (tertiary/aromatic N) is 1. The Morgan fingerprint density at radius 1 is 1.35 bits per heavy atom. The smallest absolute Gasteiger partial charge is 0.231 e. The topological polar surface area (TPSA) is 68.7 Å². The summed E-state index contributed by atoms with van der Waals surface area (Å²) >= 11 is 0. The molecule has 0 spiro atoms. The highest BCUT2D eigenvalue weighted by Crippen LogP contribution is 2.36. The molecule has 0 aliphatic rings. The van der Waals surface area contributed by atoms with Crippen LogP contribution in [0.2, 0.25) is 0 Å². The molecule has 1 unspecified atom stereocenters. The number of methoxy groups -OCH3 is 1. The minimum atomic E-state index is -1.90. The Morgan fingerprint density at radius 3 is 2.60 bits per heavy atom. The summed E-state index contributed by atoms with van der Waals surface area (Å²) in [6.45, 7) is 1.94. The van der Waals surface area contributed by atoms with Crippen molar-refractivity contribution in [2.75, 3.05) is 21.2 Å². The van der Waals surface area contributed by atoms with Gasteiger partial charge in [0.1, 0.15) is 5.75 Å². The number of hydrogen-bond donors (Lipinski definition) is 3. The second-order valence-electron chi connectivity index (χ2n) is 5.20. The van der Waals surface area contributed by atoms with E-state index < -0.39 is 11.8 Å². The second kappa shape index (κ2) is 5.44. The predicted molar refractivity (Wildman–Crippen MR) is 78.7 cm³/mol. The highest BCUT2D eigenvalue weighted by atomic mass is 16.5. The van der Waals surface area contributed by atoms with Gasteiger partial charge in [0.25, 0.3) is 0 Å². The number of H-pyrrole nitrogens is 1. The number of aromatic nitrogens is 1. The van der Waals surface area contributed by atoms with Gasteiger partial charge in [-0.25, -0.2) is 0 Å². The van der Waals surface area contributed by atoms with E-state index in [-0.39, 0.29) is 0 Å². The summed E-state index contributed by atoms with van der Waals surface area (Å²) < 4.78 is 5.24. The highest BCUT2D eigenvalue weighted by Gasteiger charge is 2.38. The summed E-state index contributed by atoms with van der Waals surface area (Å²) in [6.07, 6.45) is 2.44. The van der Waals surface area contributed by atoms with Crippen molar-refractivity contribution in [2.45, 2.75) is 25.2 Å². The van der Waals surface area contributed by atoms with Crippen LogP contribution in [0.25, 0.3) is 10.9 Å². The van der Waals surface area contributed by atoms with Gasteiger partial charge in [0.15, 0.2) is 0 Å². The zero-order chi connectivity index (χ0) is 14.9. The first-order valence-corrected chi connectivity index (χ1v) is 6.69. The summed E-state index contributed by atoms with van der Waals surface area (Å²) in [5.41, 5.74) is 1.83. The Bertz CT molecular complexity index is 590. The fourth-order valence-electron chi connectivity index (χ4n) is 2.55. The normalized spacial score (nSPS) is 13.9. The third-order valence-electron chi connectivity index (χ3n) is 3.83. The molecule has 0 saturated carbocycles. The van der Waals surface area contributed by atoms with E-state index in [9.17, 15) is 10.2 Å². The molecule has 5 nitrogen and oxygen atoms in total. The molecule has 5 heteroatoms. The number of fused-ring (bicyclic) bond motifs is 1. The van der Waals surface area contributed by atoms with Gasteiger partial charge in [-0.15, -0.1) is 0 Å². The van der Waals surface area contributed by atoms with Crippen LogP contribution in [0.5, 0.6) is 5.75 Å². The van der Waals surface area contributed by atoms with Crippen molar-refractivity contribution in [3.05, 3.63) is 30.0 Å². The Labute approximate surface area is 118 Å². The third-order valence-corrected chi connectivity index (χ3v) is 3.83. The molecule has 110 valence electrons. The quantitative estimate of drug-likeness (QED) is 0.730. The van der Waals surface area contributed by atoms with Crippen LogP contribution < -0.4 is 4.74 Å². The van der Waals surface area contributed by atoms with Crippen LogP contribution in [0.1, 0.15) is 24.8 Å². The van der Waals surface area contributed by atoms with Crippen LogP contribution >= 0.6 is 0 Å².